The average Bonchev–Trinajstić information content (AvgIpc) is 2.93. The molecule has 1 atom stereocenters. The van der Waals surface area contributed by atoms with Gasteiger partial charge in [-0.3, -0.25) is 9.59 Å². The number of alkyl halides is 3. The van der Waals surface area contributed by atoms with E-state index in [0.29, 0.717) is 28.3 Å². The maximum atomic E-state index is 14.1. The molecule has 1 N–H and O–H groups in total. The summed E-state index contributed by atoms with van der Waals surface area (Å²) in [4.78, 5) is 28.8. The van der Waals surface area contributed by atoms with Crippen LogP contribution in [0.1, 0.15) is 22.6 Å². The lowest BCUT2D eigenvalue weighted by molar-refractivity contribution is -0.137. The molecule has 0 aliphatic rings. The summed E-state index contributed by atoms with van der Waals surface area (Å²) in [5, 5.41) is 2.74. The van der Waals surface area contributed by atoms with Crippen molar-refractivity contribution in [1.82, 2.24) is 5.32 Å². The quantitative estimate of drug-likeness (QED) is 0.261. The molecule has 0 heterocycles. The van der Waals surface area contributed by atoms with Gasteiger partial charge in [-0.05, 0) is 41.8 Å². The standard InChI is InChI=1S/C29H31F3N2O5/c1-37-18-16-33-27(35)26(21-7-5-4-6-8-21)28(36)34(23-13-14-24(38-2)25(19-23)39-3)17-15-20-9-11-22(12-10-20)29(30,31)32/h4-14,19,26H,15-18H2,1-3H3,(H,33,35). The second-order valence-corrected chi connectivity index (χ2v) is 8.60. The van der Waals surface area contributed by atoms with Gasteiger partial charge in [-0.2, -0.15) is 13.2 Å². The summed E-state index contributed by atoms with van der Waals surface area (Å²) in [5.74, 6) is -1.35. The van der Waals surface area contributed by atoms with Crippen LogP contribution in [0.4, 0.5) is 18.9 Å². The third kappa shape index (κ3) is 7.73. The zero-order chi connectivity index (χ0) is 28.4. The minimum Gasteiger partial charge on any atom is -0.493 e. The van der Waals surface area contributed by atoms with Crippen molar-refractivity contribution in [2.24, 2.45) is 0 Å². The second kappa shape index (κ2) is 13.7. The number of carbonyl (C=O) groups is 2. The molecular weight excluding hydrogens is 513 g/mol. The van der Waals surface area contributed by atoms with Gasteiger partial charge in [0.25, 0.3) is 0 Å². The van der Waals surface area contributed by atoms with Crippen molar-refractivity contribution in [3.8, 4) is 11.5 Å². The van der Waals surface area contributed by atoms with Crippen LogP contribution in [0.3, 0.4) is 0 Å². The fourth-order valence-electron chi connectivity index (χ4n) is 4.05. The van der Waals surface area contributed by atoms with Gasteiger partial charge in [-0.15, -0.1) is 0 Å². The van der Waals surface area contributed by atoms with Gasteiger partial charge >= 0.3 is 6.18 Å². The molecule has 0 bridgehead atoms. The predicted molar refractivity (Wildman–Crippen MR) is 141 cm³/mol. The number of nitrogens with zero attached hydrogens (tertiary/aromatic N) is 1. The molecule has 3 aromatic carbocycles. The first-order chi connectivity index (χ1) is 18.7. The van der Waals surface area contributed by atoms with Crippen molar-refractivity contribution in [2.75, 3.05) is 45.9 Å². The highest BCUT2D eigenvalue weighted by molar-refractivity contribution is 6.12. The molecule has 0 saturated heterocycles. The van der Waals surface area contributed by atoms with E-state index >= 15 is 0 Å². The van der Waals surface area contributed by atoms with Crippen molar-refractivity contribution in [1.29, 1.82) is 0 Å². The lowest BCUT2D eigenvalue weighted by Crippen LogP contribution is -2.44. The Morgan fingerprint density at radius 3 is 2.15 bits per heavy atom. The highest BCUT2D eigenvalue weighted by atomic mass is 19.4. The number of hydrogen-bond donors (Lipinski definition) is 1. The minimum atomic E-state index is -4.45. The molecule has 0 saturated carbocycles. The molecule has 39 heavy (non-hydrogen) atoms. The van der Waals surface area contributed by atoms with E-state index in [1.807, 2.05) is 0 Å². The summed E-state index contributed by atoms with van der Waals surface area (Å²) in [7, 11) is 4.46. The highest BCUT2D eigenvalue weighted by Crippen LogP contribution is 2.34. The number of halogens is 3. The lowest BCUT2D eigenvalue weighted by Gasteiger charge is -2.28. The Kier molecular flexibility index (Phi) is 10.3. The van der Waals surface area contributed by atoms with E-state index in [1.165, 1.54) is 38.4 Å². The Bertz CT molecular complexity index is 1230. The van der Waals surface area contributed by atoms with Gasteiger partial charge in [0.2, 0.25) is 11.8 Å². The van der Waals surface area contributed by atoms with Crippen LogP contribution in [0.2, 0.25) is 0 Å². The van der Waals surface area contributed by atoms with E-state index in [-0.39, 0.29) is 26.1 Å². The van der Waals surface area contributed by atoms with Gasteiger partial charge in [0.1, 0.15) is 5.92 Å². The molecular formula is C29H31F3N2O5. The summed E-state index contributed by atoms with van der Waals surface area (Å²) in [5.41, 5.74) is 0.783. The first-order valence-corrected chi connectivity index (χ1v) is 12.2. The largest absolute Gasteiger partial charge is 0.493 e. The van der Waals surface area contributed by atoms with Crippen molar-refractivity contribution in [2.45, 2.75) is 18.5 Å². The van der Waals surface area contributed by atoms with Gasteiger partial charge in [0, 0.05) is 32.0 Å². The number of hydrogen-bond acceptors (Lipinski definition) is 5. The smallest absolute Gasteiger partial charge is 0.416 e. The molecule has 208 valence electrons. The van der Waals surface area contributed by atoms with Crippen LogP contribution >= 0.6 is 0 Å². The number of carbonyl (C=O) groups excluding carboxylic acids is 2. The van der Waals surface area contributed by atoms with E-state index in [0.717, 1.165) is 12.1 Å². The van der Waals surface area contributed by atoms with Gasteiger partial charge in [0.15, 0.2) is 11.5 Å². The number of amides is 2. The Labute approximate surface area is 225 Å². The van der Waals surface area contributed by atoms with E-state index in [9.17, 15) is 22.8 Å². The van der Waals surface area contributed by atoms with Crippen LogP contribution in [0.5, 0.6) is 11.5 Å². The molecule has 0 radical (unpaired) electrons. The molecule has 0 aliphatic heterocycles. The van der Waals surface area contributed by atoms with Crippen molar-refractivity contribution in [3.63, 3.8) is 0 Å². The molecule has 0 aromatic heterocycles. The fourth-order valence-corrected chi connectivity index (χ4v) is 4.05. The van der Waals surface area contributed by atoms with E-state index < -0.39 is 29.5 Å². The fraction of sp³-hybridized carbons (Fsp3) is 0.310. The van der Waals surface area contributed by atoms with Crippen molar-refractivity contribution < 1.29 is 37.0 Å². The Balaban J connectivity index is 1.99. The zero-order valence-electron chi connectivity index (χ0n) is 22.0. The molecule has 2 amide bonds. The summed E-state index contributed by atoms with van der Waals surface area (Å²) >= 11 is 0. The predicted octanol–water partition coefficient (Wildman–Crippen LogP) is 4.84. The SMILES string of the molecule is COCCNC(=O)C(C(=O)N(CCc1ccc(C(F)(F)F)cc1)c1ccc(OC)c(OC)c1)c1ccccc1. The molecule has 1 unspecified atom stereocenters. The van der Waals surface area contributed by atoms with E-state index in [4.69, 9.17) is 14.2 Å². The van der Waals surface area contributed by atoms with Crippen LogP contribution < -0.4 is 19.7 Å². The van der Waals surface area contributed by atoms with Gasteiger partial charge in [0.05, 0.1) is 26.4 Å². The van der Waals surface area contributed by atoms with Crippen molar-refractivity contribution >= 4 is 17.5 Å². The summed E-state index contributed by atoms with van der Waals surface area (Å²) in [6.07, 6.45) is -4.20. The van der Waals surface area contributed by atoms with Crippen LogP contribution in [0.25, 0.3) is 0 Å². The molecule has 10 heteroatoms. The number of ether oxygens (including phenoxy) is 3. The van der Waals surface area contributed by atoms with Crippen LogP contribution in [-0.2, 0) is 26.9 Å². The summed E-state index contributed by atoms with van der Waals surface area (Å²) in [6, 6.07) is 18.4. The molecule has 0 aliphatic carbocycles. The molecule has 0 spiro atoms. The third-order valence-electron chi connectivity index (χ3n) is 6.10. The second-order valence-electron chi connectivity index (χ2n) is 8.60. The highest BCUT2D eigenvalue weighted by Gasteiger charge is 2.33. The van der Waals surface area contributed by atoms with Crippen LogP contribution in [-0.4, -0.2) is 52.8 Å². The molecule has 0 fully saturated rings. The number of anilines is 1. The van der Waals surface area contributed by atoms with Gasteiger partial charge in [-0.1, -0.05) is 42.5 Å². The van der Waals surface area contributed by atoms with Gasteiger partial charge < -0.3 is 24.4 Å². The molecule has 7 nitrogen and oxygen atoms in total. The summed E-state index contributed by atoms with van der Waals surface area (Å²) < 4.78 is 54.8. The Morgan fingerprint density at radius 1 is 0.897 bits per heavy atom. The maximum Gasteiger partial charge on any atom is 0.416 e. The third-order valence-corrected chi connectivity index (χ3v) is 6.10. The van der Waals surface area contributed by atoms with E-state index in [1.54, 1.807) is 48.5 Å². The monoisotopic (exact) mass is 544 g/mol. The number of benzene rings is 3. The number of nitrogens with one attached hydrogen (secondary N) is 1. The Hall–Kier alpha value is -4.05. The Morgan fingerprint density at radius 2 is 1.56 bits per heavy atom. The normalized spacial score (nSPS) is 11.9. The first kappa shape index (κ1) is 29.5. The van der Waals surface area contributed by atoms with Crippen LogP contribution in [0, 0.1) is 0 Å². The zero-order valence-corrected chi connectivity index (χ0v) is 22.0. The average molecular weight is 545 g/mol. The van der Waals surface area contributed by atoms with E-state index in [2.05, 4.69) is 5.32 Å². The molecule has 3 aromatic rings. The topological polar surface area (TPSA) is 77.1 Å². The number of rotatable bonds is 12. The minimum absolute atomic E-state index is 0.0916. The first-order valence-electron chi connectivity index (χ1n) is 12.2. The number of methoxy groups -OCH3 is 3. The maximum absolute atomic E-state index is 14.1. The molecule has 3 rings (SSSR count). The van der Waals surface area contributed by atoms with Gasteiger partial charge in [-0.25, -0.2) is 0 Å². The van der Waals surface area contributed by atoms with Crippen molar-refractivity contribution in [3.05, 3.63) is 89.5 Å². The lowest BCUT2D eigenvalue weighted by atomic mass is 9.95. The van der Waals surface area contributed by atoms with Crippen LogP contribution in [0.15, 0.2) is 72.8 Å². The summed E-state index contributed by atoms with van der Waals surface area (Å²) in [6.45, 7) is 0.580.